The number of rotatable bonds is 4. The van der Waals surface area contributed by atoms with E-state index in [4.69, 9.17) is 10.5 Å². The highest BCUT2D eigenvalue weighted by molar-refractivity contribution is 6.11. The van der Waals surface area contributed by atoms with Gasteiger partial charge in [-0.05, 0) is 24.6 Å². The molecule has 0 saturated carbocycles. The highest BCUT2D eigenvalue weighted by Gasteiger charge is 2.34. The summed E-state index contributed by atoms with van der Waals surface area (Å²) in [6, 6.07) is 5.78. The number of hydrogen-bond donors (Lipinski definition) is 1. The summed E-state index contributed by atoms with van der Waals surface area (Å²) < 4.78 is 5.14. The lowest BCUT2D eigenvalue weighted by Gasteiger charge is -2.41. The molecule has 2 aliphatic rings. The van der Waals surface area contributed by atoms with Crippen LogP contribution in [0.25, 0.3) is 5.57 Å². The third-order valence-electron chi connectivity index (χ3n) is 5.07. The molecule has 1 saturated heterocycles. The maximum absolute atomic E-state index is 12.8. The second kappa shape index (κ2) is 8.14. The van der Waals surface area contributed by atoms with Crippen LogP contribution in [0.4, 0.5) is 11.4 Å². The summed E-state index contributed by atoms with van der Waals surface area (Å²) in [5.41, 5.74) is 8.92. The minimum absolute atomic E-state index is 0.0343. The van der Waals surface area contributed by atoms with Crippen LogP contribution in [-0.2, 0) is 14.3 Å². The van der Waals surface area contributed by atoms with Crippen molar-refractivity contribution in [2.24, 2.45) is 16.6 Å². The normalized spacial score (nSPS) is 20.5. The van der Waals surface area contributed by atoms with Crippen LogP contribution in [0.2, 0.25) is 0 Å². The second-order valence-electron chi connectivity index (χ2n) is 7.64. The number of carbonyl (C=O) groups is 2. The van der Waals surface area contributed by atoms with Crippen molar-refractivity contribution in [3.63, 3.8) is 0 Å². The van der Waals surface area contributed by atoms with Crippen molar-refractivity contribution in [1.82, 2.24) is 0 Å². The molecule has 7 heteroatoms. The first-order valence-corrected chi connectivity index (χ1v) is 9.62. The van der Waals surface area contributed by atoms with Crippen LogP contribution in [0.15, 0.2) is 29.4 Å². The Morgan fingerprint density at radius 2 is 2.00 bits per heavy atom. The fourth-order valence-corrected chi connectivity index (χ4v) is 3.51. The molecule has 150 valence electrons. The molecule has 3 rings (SSSR count). The van der Waals surface area contributed by atoms with Gasteiger partial charge in [0, 0.05) is 37.4 Å². The predicted octanol–water partition coefficient (Wildman–Crippen LogP) is 2.20. The van der Waals surface area contributed by atoms with Gasteiger partial charge in [-0.3, -0.25) is 14.6 Å². The summed E-state index contributed by atoms with van der Waals surface area (Å²) in [5.74, 6) is -0.149. The van der Waals surface area contributed by atoms with Gasteiger partial charge < -0.3 is 20.3 Å². The number of allylic oxidation sites excluding steroid dienone is 1. The highest BCUT2D eigenvalue weighted by Crippen LogP contribution is 2.38. The fourth-order valence-electron chi connectivity index (χ4n) is 3.51. The molecule has 0 bridgehead atoms. The molecule has 2 amide bonds. The number of nitrogens with zero attached hydrogens (tertiary/aromatic N) is 3. The van der Waals surface area contributed by atoms with Crippen molar-refractivity contribution >= 4 is 35.0 Å². The van der Waals surface area contributed by atoms with Crippen LogP contribution < -0.4 is 15.5 Å². The van der Waals surface area contributed by atoms with Gasteiger partial charge in [0.05, 0.1) is 36.7 Å². The number of carbonyl (C=O) groups excluding carboxylic acids is 2. The Hall–Kier alpha value is -2.67. The molecule has 1 atom stereocenters. The average molecular weight is 384 g/mol. The second-order valence-corrected chi connectivity index (χ2v) is 7.64. The van der Waals surface area contributed by atoms with Gasteiger partial charge in [0.25, 0.3) is 0 Å². The van der Waals surface area contributed by atoms with E-state index in [1.807, 2.05) is 39.0 Å². The lowest BCUT2D eigenvalue weighted by molar-refractivity contribution is -0.122. The van der Waals surface area contributed by atoms with E-state index in [-0.39, 0.29) is 29.8 Å². The van der Waals surface area contributed by atoms with Crippen LogP contribution in [0, 0.1) is 5.92 Å². The summed E-state index contributed by atoms with van der Waals surface area (Å²) in [4.78, 5) is 33.1. The van der Waals surface area contributed by atoms with E-state index < -0.39 is 0 Å². The molecule has 0 aliphatic carbocycles. The lowest BCUT2D eigenvalue weighted by Crippen LogP contribution is -2.52. The molecule has 1 unspecified atom stereocenters. The van der Waals surface area contributed by atoms with E-state index in [2.05, 4.69) is 4.99 Å². The first-order valence-electron chi connectivity index (χ1n) is 9.62. The molecular formula is C21H28N4O3. The van der Waals surface area contributed by atoms with E-state index in [9.17, 15) is 9.59 Å². The third-order valence-corrected chi connectivity index (χ3v) is 5.07. The number of ether oxygens (including phenoxy) is 1. The van der Waals surface area contributed by atoms with Gasteiger partial charge >= 0.3 is 0 Å². The molecule has 7 nitrogen and oxygen atoms in total. The summed E-state index contributed by atoms with van der Waals surface area (Å²) in [7, 11) is 0. The van der Waals surface area contributed by atoms with Crippen molar-refractivity contribution in [1.29, 1.82) is 0 Å². The number of anilines is 2. The molecule has 2 N–H and O–H groups in total. The number of fused-ring (bicyclic) bond motifs is 1. The SMILES string of the molecule is CC(=O)N1c2ccc(C(C=NC3COC3)=CN)cc2N(C(=O)C(C)C)CC1C. The highest BCUT2D eigenvalue weighted by atomic mass is 16.5. The Labute approximate surface area is 165 Å². The number of benzene rings is 1. The Morgan fingerprint density at radius 3 is 2.54 bits per heavy atom. The van der Waals surface area contributed by atoms with E-state index in [1.54, 1.807) is 22.9 Å². The lowest BCUT2D eigenvalue weighted by atomic mass is 10.00. The Balaban J connectivity index is 2.03. The van der Waals surface area contributed by atoms with Crippen LogP contribution >= 0.6 is 0 Å². The molecule has 0 radical (unpaired) electrons. The summed E-state index contributed by atoms with van der Waals surface area (Å²) in [6.45, 7) is 8.98. The maximum Gasteiger partial charge on any atom is 0.229 e. The average Bonchev–Trinajstić information content (AvgIpc) is 2.61. The zero-order valence-corrected chi connectivity index (χ0v) is 16.9. The third kappa shape index (κ3) is 3.80. The zero-order valence-electron chi connectivity index (χ0n) is 16.9. The van der Waals surface area contributed by atoms with Crippen molar-refractivity contribution in [3.8, 4) is 0 Å². The molecule has 2 aliphatic heterocycles. The summed E-state index contributed by atoms with van der Waals surface area (Å²) in [5, 5.41) is 0. The first-order chi connectivity index (χ1) is 13.3. The van der Waals surface area contributed by atoms with Gasteiger partial charge in [-0.1, -0.05) is 19.9 Å². The molecule has 0 aromatic heterocycles. The molecule has 0 spiro atoms. The predicted molar refractivity (Wildman–Crippen MR) is 112 cm³/mol. The van der Waals surface area contributed by atoms with Crippen molar-refractivity contribution in [2.75, 3.05) is 29.6 Å². The molecular weight excluding hydrogens is 356 g/mol. The number of aliphatic imine (C=N–C) groups is 1. The van der Waals surface area contributed by atoms with Gasteiger partial charge in [-0.15, -0.1) is 0 Å². The van der Waals surface area contributed by atoms with Gasteiger partial charge in [0.15, 0.2) is 0 Å². The van der Waals surface area contributed by atoms with Gasteiger partial charge in [-0.25, -0.2) is 0 Å². The van der Waals surface area contributed by atoms with Crippen molar-refractivity contribution < 1.29 is 14.3 Å². The van der Waals surface area contributed by atoms with Crippen LogP contribution in [-0.4, -0.2) is 49.9 Å². The quantitative estimate of drug-likeness (QED) is 0.806. The Kier molecular flexibility index (Phi) is 5.84. The summed E-state index contributed by atoms with van der Waals surface area (Å²) in [6.07, 6.45) is 3.26. The van der Waals surface area contributed by atoms with Crippen LogP contribution in [0.3, 0.4) is 0 Å². The summed E-state index contributed by atoms with van der Waals surface area (Å²) >= 11 is 0. The van der Waals surface area contributed by atoms with Gasteiger partial charge in [0.1, 0.15) is 0 Å². The monoisotopic (exact) mass is 384 g/mol. The fraction of sp³-hybridized carbons (Fsp3) is 0.476. The minimum Gasteiger partial charge on any atom is -0.404 e. The van der Waals surface area contributed by atoms with Crippen molar-refractivity contribution in [3.05, 3.63) is 30.0 Å². The van der Waals surface area contributed by atoms with Crippen LogP contribution in [0.1, 0.15) is 33.3 Å². The molecule has 1 aromatic rings. The Morgan fingerprint density at radius 1 is 1.29 bits per heavy atom. The van der Waals surface area contributed by atoms with Crippen molar-refractivity contribution in [2.45, 2.75) is 39.8 Å². The number of nitrogens with two attached hydrogens (primary N) is 1. The van der Waals surface area contributed by atoms with E-state index in [0.717, 1.165) is 22.5 Å². The van der Waals surface area contributed by atoms with Gasteiger partial charge in [-0.2, -0.15) is 0 Å². The standard InChI is InChI=1S/C21H28N4O3/c1-13(2)21(27)24-10-14(3)25(15(4)26)19-6-5-16(7-20(19)24)17(8-22)9-23-18-11-28-12-18/h5-9,13-14,18H,10-12,22H2,1-4H3. The molecule has 2 heterocycles. The topological polar surface area (TPSA) is 88.2 Å². The Bertz CT molecular complexity index is 827. The largest absolute Gasteiger partial charge is 0.404 e. The minimum atomic E-state index is -0.141. The van der Waals surface area contributed by atoms with Crippen LogP contribution in [0.5, 0.6) is 0 Å². The van der Waals surface area contributed by atoms with E-state index in [0.29, 0.717) is 19.8 Å². The van der Waals surface area contributed by atoms with Gasteiger partial charge in [0.2, 0.25) is 11.8 Å². The number of amides is 2. The maximum atomic E-state index is 12.8. The molecule has 28 heavy (non-hydrogen) atoms. The number of hydrogen-bond acceptors (Lipinski definition) is 5. The smallest absolute Gasteiger partial charge is 0.229 e. The van der Waals surface area contributed by atoms with E-state index in [1.165, 1.54) is 6.20 Å². The molecule has 1 aromatic carbocycles. The van der Waals surface area contributed by atoms with E-state index >= 15 is 0 Å². The molecule has 1 fully saturated rings. The first kappa shape index (κ1) is 20.1. The zero-order chi connectivity index (χ0) is 20.4.